The van der Waals surface area contributed by atoms with E-state index in [2.05, 4.69) is 10.2 Å². The maximum atomic E-state index is 12.8. The summed E-state index contributed by atoms with van der Waals surface area (Å²) in [6, 6.07) is 6.08. The third kappa shape index (κ3) is 4.19. The lowest BCUT2D eigenvalue weighted by Crippen LogP contribution is -2.15. The zero-order valence-electron chi connectivity index (χ0n) is 11.5. The highest BCUT2D eigenvalue weighted by Crippen LogP contribution is 2.16. The van der Waals surface area contributed by atoms with Gasteiger partial charge in [0.25, 0.3) is 0 Å². The van der Waals surface area contributed by atoms with Gasteiger partial charge in [0.1, 0.15) is 5.82 Å². The van der Waals surface area contributed by atoms with Gasteiger partial charge in [0, 0.05) is 6.42 Å². The summed E-state index contributed by atoms with van der Waals surface area (Å²) in [4.78, 5) is 11.3. The van der Waals surface area contributed by atoms with Crippen LogP contribution in [0.3, 0.4) is 0 Å². The van der Waals surface area contributed by atoms with E-state index < -0.39 is 0 Å². The molecule has 1 aromatic carbocycles. The van der Waals surface area contributed by atoms with Crippen molar-refractivity contribution in [3.8, 4) is 0 Å². The fourth-order valence-corrected chi connectivity index (χ4v) is 2.31. The first-order valence-electron chi connectivity index (χ1n) is 6.32. The fraction of sp³-hybridized carbons (Fsp3) is 0.308. The number of hydrogen-bond acceptors (Lipinski definition) is 6. The maximum Gasteiger partial charge on any atom is 0.316 e. The molecule has 2 N–H and O–H groups in total. The van der Waals surface area contributed by atoms with Crippen LogP contribution in [0.25, 0.3) is 0 Å². The number of esters is 1. The molecule has 21 heavy (non-hydrogen) atoms. The minimum absolute atomic E-state index is 0.125. The summed E-state index contributed by atoms with van der Waals surface area (Å²) in [5.41, 5.74) is 0.873. The number of rotatable bonds is 6. The Balaban J connectivity index is 1.99. The van der Waals surface area contributed by atoms with Crippen molar-refractivity contribution in [1.82, 2.24) is 14.9 Å². The first-order valence-corrected chi connectivity index (χ1v) is 7.31. The molecule has 1 aromatic heterocycles. The maximum absolute atomic E-state index is 12.8. The first kappa shape index (κ1) is 15.3. The van der Waals surface area contributed by atoms with E-state index in [-0.39, 0.29) is 17.5 Å². The Hall–Kier alpha value is -2.09. The van der Waals surface area contributed by atoms with Crippen LogP contribution < -0.4 is 5.84 Å². The lowest BCUT2D eigenvalue weighted by Gasteiger charge is -2.04. The lowest BCUT2D eigenvalue weighted by atomic mass is 10.1. The van der Waals surface area contributed by atoms with Crippen LogP contribution in [-0.4, -0.2) is 33.2 Å². The van der Waals surface area contributed by atoms with E-state index in [1.54, 1.807) is 19.1 Å². The molecule has 0 amide bonds. The number of halogens is 1. The highest BCUT2D eigenvalue weighted by molar-refractivity contribution is 7.99. The van der Waals surface area contributed by atoms with Gasteiger partial charge >= 0.3 is 5.97 Å². The van der Waals surface area contributed by atoms with Crippen LogP contribution in [-0.2, 0) is 16.0 Å². The van der Waals surface area contributed by atoms with Crippen molar-refractivity contribution in [2.75, 3.05) is 18.2 Å². The molecule has 0 atom stereocenters. The number of benzene rings is 1. The second kappa shape index (κ2) is 7.07. The molecule has 0 radical (unpaired) electrons. The van der Waals surface area contributed by atoms with Crippen molar-refractivity contribution in [3.63, 3.8) is 0 Å². The Labute approximate surface area is 125 Å². The number of hydrogen-bond donors (Lipinski definition) is 1. The molecule has 8 heteroatoms. The topological polar surface area (TPSA) is 83.0 Å². The highest BCUT2D eigenvalue weighted by Gasteiger charge is 2.13. The molecule has 0 saturated carbocycles. The van der Waals surface area contributed by atoms with Crippen molar-refractivity contribution >= 4 is 17.7 Å². The Morgan fingerprint density at radius 3 is 2.76 bits per heavy atom. The Morgan fingerprint density at radius 1 is 1.38 bits per heavy atom. The average molecular weight is 310 g/mol. The van der Waals surface area contributed by atoms with Gasteiger partial charge in [-0.3, -0.25) is 4.79 Å². The summed E-state index contributed by atoms with van der Waals surface area (Å²) >= 11 is 1.16. The number of thioether (sulfide) groups is 1. The largest absolute Gasteiger partial charge is 0.465 e. The molecule has 0 saturated heterocycles. The van der Waals surface area contributed by atoms with E-state index in [1.807, 2.05) is 0 Å². The Kier molecular flexibility index (Phi) is 5.15. The minimum atomic E-state index is -0.328. The van der Waals surface area contributed by atoms with Crippen LogP contribution in [0.5, 0.6) is 0 Å². The number of nitrogen functional groups attached to an aromatic ring is 1. The molecule has 0 bridgehead atoms. The quantitative estimate of drug-likeness (QED) is 0.493. The second-order valence-electron chi connectivity index (χ2n) is 4.17. The molecule has 112 valence electrons. The standard InChI is InChI=1S/C13H15FN4O2S/c1-2-20-12(19)8-21-13-17-16-11(18(13)15)7-9-3-5-10(14)6-4-9/h3-6H,2,7-8,15H2,1H3. The summed E-state index contributed by atoms with van der Waals surface area (Å²) < 4.78 is 19.0. The van der Waals surface area contributed by atoms with Crippen LogP contribution >= 0.6 is 11.8 Å². The van der Waals surface area contributed by atoms with E-state index in [0.717, 1.165) is 17.3 Å². The van der Waals surface area contributed by atoms with Crippen LogP contribution in [0.15, 0.2) is 29.4 Å². The average Bonchev–Trinajstić information content (AvgIpc) is 2.80. The minimum Gasteiger partial charge on any atom is -0.465 e. The fourth-order valence-electron chi connectivity index (χ4n) is 1.64. The summed E-state index contributed by atoms with van der Waals surface area (Å²) in [6.45, 7) is 2.08. The molecule has 6 nitrogen and oxygen atoms in total. The van der Waals surface area contributed by atoms with Crippen molar-refractivity contribution in [1.29, 1.82) is 0 Å². The van der Waals surface area contributed by atoms with E-state index >= 15 is 0 Å². The molecule has 2 rings (SSSR count). The predicted octanol–water partition coefficient (Wildman–Crippen LogP) is 1.38. The molecule has 0 unspecified atom stereocenters. The predicted molar refractivity (Wildman–Crippen MR) is 76.7 cm³/mol. The number of nitrogens with two attached hydrogens (primary N) is 1. The van der Waals surface area contributed by atoms with Gasteiger partial charge in [0.05, 0.1) is 12.4 Å². The van der Waals surface area contributed by atoms with Gasteiger partial charge in [0.2, 0.25) is 5.16 Å². The second-order valence-corrected chi connectivity index (χ2v) is 5.11. The SMILES string of the molecule is CCOC(=O)CSc1nnc(Cc2ccc(F)cc2)n1N. The molecule has 1 heterocycles. The Bertz CT molecular complexity index is 615. The number of nitrogens with zero attached hydrogens (tertiary/aromatic N) is 3. The van der Waals surface area contributed by atoms with E-state index in [4.69, 9.17) is 10.6 Å². The third-order valence-corrected chi connectivity index (χ3v) is 3.55. The van der Waals surface area contributed by atoms with Crippen molar-refractivity contribution < 1.29 is 13.9 Å². The van der Waals surface area contributed by atoms with Crippen molar-refractivity contribution in [3.05, 3.63) is 41.5 Å². The number of carbonyl (C=O) groups excluding carboxylic acids is 1. The summed E-state index contributed by atoms with van der Waals surface area (Å²) in [5.74, 6) is 5.92. The monoisotopic (exact) mass is 310 g/mol. The molecule has 2 aromatic rings. The summed E-state index contributed by atoms with van der Waals surface area (Å²) in [6.07, 6.45) is 0.434. The van der Waals surface area contributed by atoms with E-state index in [9.17, 15) is 9.18 Å². The summed E-state index contributed by atoms with van der Waals surface area (Å²) in [5, 5.41) is 8.34. The molecule has 0 aliphatic rings. The Morgan fingerprint density at radius 2 is 2.10 bits per heavy atom. The van der Waals surface area contributed by atoms with Crippen LogP contribution in [0.2, 0.25) is 0 Å². The van der Waals surface area contributed by atoms with Gasteiger partial charge in [-0.15, -0.1) is 10.2 Å². The van der Waals surface area contributed by atoms with Gasteiger partial charge in [-0.2, -0.15) is 0 Å². The van der Waals surface area contributed by atoms with Crippen molar-refractivity contribution in [2.24, 2.45) is 0 Å². The lowest BCUT2D eigenvalue weighted by molar-refractivity contribution is -0.139. The molecule has 0 aliphatic heterocycles. The number of carbonyl (C=O) groups is 1. The first-order chi connectivity index (χ1) is 10.1. The summed E-state index contributed by atoms with van der Waals surface area (Å²) in [7, 11) is 0. The zero-order valence-corrected chi connectivity index (χ0v) is 12.3. The van der Waals surface area contributed by atoms with Crippen LogP contribution in [0.4, 0.5) is 4.39 Å². The van der Waals surface area contributed by atoms with Crippen molar-refractivity contribution in [2.45, 2.75) is 18.5 Å². The van der Waals surface area contributed by atoms with E-state index in [1.165, 1.54) is 16.8 Å². The number of ether oxygens (including phenoxy) is 1. The van der Waals surface area contributed by atoms with Gasteiger partial charge in [-0.25, -0.2) is 9.07 Å². The number of aromatic nitrogens is 3. The normalized spacial score (nSPS) is 10.6. The third-order valence-electron chi connectivity index (χ3n) is 2.64. The molecule has 0 fully saturated rings. The smallest absolute Gasteiger partial charge is 0.316 e. The van der Waals surface area contributed by atoms with Gasteiger partial charge in [-0.05, 0) is 24.6 Å². The van der Waals surface area contributed by atoms with E-state index in [0.29, 0.717) is 24.0 Å². The molecular formula is C13H15FN4O2S. The van der Waals surface area contributed by atoms with Gasteiger partial charge < -0.3 is 10.6 Å². The van der Waals surface area contributed by atoms with Crippen LogP contribution in [0, 0.1) is 5.82 Å². The molecule has 0 aliphatic carbocycles. The molecule has 0 spiro atoms. The van der Waals surface area contributed by atoms with Gasteiger partial charge in [0.15, 0.2) is 5.82 Å². The molecular weight excluding hydrogens is 295 g/mol. The zero-order chi connectivity index (χ0) is 15.2. The van der Waals surface area contributed by atoms with Gasteiger partial charge in [-0.1, -0.05) is 23.9 Å². The van der Waals surface area contributed by atoms with Crippen LogP contribution in [0.1, 0.15) is 18.3 Å². The highest BCUT2D eigenvalue weighted by atomic mass is 32.2.